The number of rotatable bonds is 9. The topological polar surface area (TPSA) is 20.3 Å². The number of carbonyl (C=O) groups excluding carboxylic acids is 1. The van der Waals surface area contributed by atoms with Crippen molar-refractivity contribution in [1.82, 2.24) is 4.90 Å². The highest BCUT2D eigenvalue weighted by Gasteiger charge is 2.09. The quantitative estimate of drug-likeness (QED) is 0.586. The molecule has 0 unspecified atom stereocenters. The molecule has 0 amide bonds. The zero-order chi connectivity index (χ0) is 11.7. The van der Waals surface area contributed by atoms with E-state index in [1.165, 1.54) is 19.4 Å². The van der Waals surface area contributed by atoms with Gasteiger partial charge in [-0.25, -0.2) is 0 Å². The average molecular weight is 213 g/mol. The first-order chi connectivity index (χ1) is 7.13. The van der Waals surface area contributed by atoms with E-state index >= 15 is 0 Å². The molecule has 0 atom stereocenters. The first kappa shape index (κ1) is 14.6. The van der Waals surface area contributed by atoms with Crippen LogP contribution in [0.25, 0.3) is 0 Å². The number of carbonyl (C=O) groups is 1. The SMILES string of the molecule is CCC(CC)CN(CC)CCCC(C)=O. The van der Waals surface area contributed by atoms with Crippen LogP contribution in [0.3, 0.4) is 0 Å². The lowest BCUT2D eigenvalue weighted by Crippen LogP contribution is -2.30. The molecule has 0 aromatic carbocycles. The van der Waals surface area contributed by atoms with Crippen molar-refractivity contribution in [3.05, 3.63) is 0 Å². The minimum absolute atomic E-state index is 0.314. The molecule has 0 aliphatic carbocycles. The molecule has 0 radical (unpaired) electrons. The molecule has 0 aromatic heterocycles. The van der Waals surface area contributed by atoms with Crippen molar-refractivity contribution in [2.75, 3.05) is 19.6 Å². The molecular weight excluding hydrogens is 186 g/mol. The highest BCUT2D eigenvalue weighted by Crippen LogP contribution is 2.10. The summed E-state index contributed by atoms with van der Waals surface area (Å²) < 4.78 is 0. The lowest BCUT2D eigenvalue weighted by molar-refractivity contribution is -0.117. The Balaban J connectivity index is 3.76. The van der Waals surface area contributed by atoms with E-state index in [0.29, 0.717) is 5.78 Å². The lowest BCUT2D eigenvalue weighted by Gasteiger charge is -2.24. The predicted molar refractivity (Wildman–Crippen MR) is 66.1 cm³/mol. The van der Waals surface area contributed by atoms with E-state index in [9.17, 15) is 4.79 Å². The summed E-state index contributed by atoms with van der Waals surface area (Å²) >= 11 is 0. The molecule has 15 heavy (non-hydrogen) atoms. The molecule has 0 aliphatic rings. The summed E-state index contributed by atoms with van der Waals surface area (Å²) in [7, 11) is 0. The monoisotopic (exact) mass is 213 g/mol. The zero-order valence-electron chi connectivity index (χ0n) is 10.9. The van der Waals surface area contributed by atoms with Crippen LogP contribution in [-0.4, -0.2) is 30.3 Å². The highest BCUT2D eigenvalue weighted by atomic mass is 16.1. The van der Waals surface area contributed by atoms with Crippen molar-refractivity contribution in [3.8, 4) is 0 Å². The molecule has 2 nitrogen and oxygen atoms in total. The second-order valence-electron chi connectivity index (χ2n) is 4.38. The van der Waals surface area contributed by atoms with Crippen LogP contribution < -0.4 is 0 Å². The van der Waals surface area contributed by atoms with Gasteiger partial charge in [0.15, 0.2) is 0 Å². The molecule has 0 saturated carbocycles. The minimum atomic E-state index is 0.314. The number of hydrogen-bond donors (Lipinski definition) is 0. The van der Waals surface area contributed by atoms with E-state index < -0.39 is 0 Å². The summed E-state index contributed by atoms with van der Waals surface area (Å²) in [4.78, 5) is 13.3. The molecule has 0 aromatic rings. The first-order valence-corrected chi connectivity index (χ1v) is 6.35. The summed E-state index contributed by atoms with van der Waals surface area (Å²) in [6, 6.07) is 0. The van der Waals surface area contributed by atoms with E-state index in [1.54, 1.807) is 6.92 Å². The second-order valence-corrected chi connectivity index (χ2v) is 4.38. The molecule has 0 N–H and O–H groups in total. The van der Waals surface area contributed by atoms with Gasteiger partial charge in [-0.3, -0.25) is 0 Å². The number of nitrogens with zero attached hydrogens (tertiary/aromatic N) is 1. The van der Waals surface area contributed by atoms with Crippen LogP contribution in [0.2, 0.25) is 0 Å². The van der Waals surface area contributed by atoms with Crippen molar-refractivity contribution >= 4 is 5.78 Å². The maximum Gasteiger partial charge on any atom is 0.129 e. The van der Waals surface area contributed by atoms with Gasteiger partial charge in [0, 0.05) is 13.0 Å². The lowest BCUT2D eigenvalue weighted by atomic mass is 10.0. The third-order valence-electron chi connectivity index (χ3n) is 3.12. The third-order valence-corrected chi connectivity index (χ3v) is 3.12. The smallest absolute Gasteiger partial charge is 0.129 e. The fourth-order valence-electron chi connectivity index (χ4n) is 1.84. The Kier molecular flexibility index (Phi) is 8.68. The molecule has 2 heteroatoms. The van der Waals surface area contributed by atoms with Gasteiger partial charge in [0.05, 0.1) is 0 Å². The number of hydrogen-bond acceptors (Lipinski definition) is 2. The summed E-state index contributed by atoms with van der Waals surface area (Å²) in [6.07, 6.45) is 4.28. The Morgan fingerprint density at radius 3 is 2.20 bits per heavy atom. The Bertz CT molecular complexity index is 164. The van der Waals surface area contributed by atoms with E-state index in [-0.39, 0.29) is 0 Å². The van der Waals surface area contributed by atoms with E-state index in [2.05, 4.69) is 25.7 Å². The molecule has 0 fully saturated rings. The van der Waals surface area contributed by atoms with Gasteiger partial charge in [-0.2, -0.15) is 0 Å². The third kappa shape index (κ3) is 7.55. The molecule has 90 valence electrons. The molecule has 0 bridgehead atoms. The summed E-state index contributed by atoms with van der Waals surface area (Å²) in [5.74, 6) is 1.14. The van der Waals surface area contributed by atoms with Crippen LogP contribution >= 0.6 is 0 Å². The normalized spacial score (nSPS) is 11.3. The highest BCUT2D eigenvalue weighted by molar-refractivity contribution is 5.75. The summed E-state index contributed by atoms with van der Waals surface area (Å²) in [5, 5.41) is 0. The van der Waals surface area contributed by atoms with Crippen LogP contribution in [0.15, 0.2) is 0 Å². The fourth-order valence-corrected chi connectivity index (χ4v) is 1.84. The largest absolute Gasteiger partial charge is 0.303 e. The maximum atomic E-state index is 10.8. The molecule has 0 heterocycles. The number of Topliss-reactive ketones (excluding diaryl/α,β-unsaturated/α-hetero) is 1. The van der Waals surface area contributed by atoms with E-state index in [4.69, 9.17) is 0 Å². The van der Waals surface area contributed by atoms with Crippen LogP contribution in [0.4, 0.5) is 0 Å². The van der Waals surface area contributed by atoms with Gasteiger partial charge in [-0.05, 0) is 32.4 Å². The van der Waals surface area contributed by atoms with Crippen molar-refractivity contribution in [2.45, 2.75) is 53.4 Å². The van der Waals surface area contributed by atoms with Crippen molar-refractivity contribution in [3.63, 3.8) is 0 Å². The van der Waals surface area contributed by atoms with Crippen LogP contribution in [0.1, 0.15) is 53.4 Å². The Morgan fingerprint density at radius 2 is 1.80 bits per heavy atom. The first-order valence-electron chi connectivity index (χ1n) is 6.35. The van der Waals surface area contributed by atoms with Gasteiger partial charge < -0.3 is 9.69 Å². The Labute approximate surface area is 95.0 Å². The summed E-state index contributed by atoms with van der Waals surface area (Å²) in [5.41, 5.74) is 0. The molecule has 0 rings (SSSR count). The van der Waals surface area contributed by atoms with Crippen molar-refractivity contribution in [1.29, 1.82) is 0 Å². The fraction of sp³-hybridized carbons (Fsp3) is 0.923. The van der Waals surface area contributed by atoms with Gasteiger partial charge in [0.25, 0.3) is 0 Å². The Morgan fingerprint density at radius 1 is 1.20 bits per heavy atom. The van der Waals surface area contributed by atoms with Crippen molar-refractivity contribution < 1.29 is 4.79 Å². The van der Waals surface area contributed by atoms with Crippen LogP contribution in [-0.2, 0) is 4.79 Å². The predicted octanol–water partition coefficient (Wildman–Crippen LogP) is 3.11. The van der Waals surface area contributed by atoms with Gasteiger partial charge >= 0.3 is 0 Å². The van der Waals surface area contributed by atoms with Crippen molar-refractivity contribution in [2.24, 2.45) is 5.92 Å². The molecule has 0 spiro atoms. The molecular formula is C13H27NO. The zero-order valence-corrected chi connectivity index (χ0v) is 10.9. The molecule has 0 saturated heterocycles. The Hall–Kier alpha value is -0.370. The number of ketones is 1. The van der Waals surface area contributed by atoms with Crippen LogP contribution in [0.5, 0.6) is 0 Å². The van der Waals surface area contributed by atoms with E-state index in [1.807, 2.05) is 0 Å². The standard InChI is InChI=1S/C13H27NO/c1-5-13(6-2)11-14(7-3)10-8-9-12(4)15/h13H,5-11H2,1-4H3. The second kappa shape index (κ2) is 8.90. The minimum Gasteiger partial charge on any atom is -0.303 e. The van der Waals surface area contributed by atoms with Gasteiger partial charge in [0.2, 0.25) is 0 Å². The maximum absolute atomic E-state index is 10.8. The van der Waals surface area contributed by atoms with Gasteiger partial charge in [-0.1, -0.05) is 33.6 Å². The van der Waals surface area contributed by atoms with Gasteiger partial charge in [-0.15, -0.1) is 0 Å². The summed E-state index contributed by atoms with van der Waals surface area (Å²) in [6.45, 7) is 11.8. The molecule has 0 aliphatic heterocycles. The average Bonchev–Trinajstić information content (AvgIpc) is 2.22. The van der Waals surface area contributed by atoms with Gasteiger partial charge in [0.1, 0.15) is 5.78 Å². The van der Waals surface area contributed by atoms with Crippen LogP contribution in [0, 0.1) is 5.92 Å². The van der Waals surface area contributed by atoms with E-state index in [0.717, 1.165) is 31.8 Å².